The largest absolute Gasteiger partial charge is 0.416 e. The second-order valence-corrected chi connectivity index (χ2v) is 5.60. The number of hydrazine groups is 1. The van der Waals surface area contributed by atoms with Gasteiger partial charge in [0, 0.05) is 5.56 Å². The monoisotopic (exact) mass is 332 g/mol. The normalized spacial score (nSPS) is 18.2. The van der Waals surface area contributed by atoms with Crippen molar-refractivity contribution in [3.05, 3.63) is 63.4 Å². The molecule has 0 aliphatic carbocycles. The number of rotatable bonds is 2. The number of hydrogen-bond acceptors (Lipinski definition) is 3. The van der Waals surface area contributed by atoms with Crippen LogP contribution in [0.4, 0.5) is 22.0 Å². The fourth-order valence-corrected chi connectivity index (χ4v) is 2.89. The summed E-state index contributed by atoms with van der Waals surface area (Å²) in [5, 5.41) is 1.84. The number of alkyl halides is 3. The fraction of sp³-hybridized carbons (Fsp3) is 0.143. The highest BCUT2D eigenvalue weighted by Gasteiger charge is 2.34. The Kier molecular flexibility index (Phi) is 3.65. The molecule has 116 valence electrons. The van der Waals surface area contributed by atoms with Gasteiger partial charge in [0.05, 0.1) is 22.2 Å². The summed E-state index contributed by atoms with van der Waals surface area (Å²) in [6.45, 7) is 0. The lowest BCUT2D eigenvalue weighted by Gasteiger charge is -2.14. The maximum atomic E-state index is 13.9. The Morgan fingerprint density at radius 3 is 2.32 bits per heavy atom. The van der Waals surface area contributed by atoms with Gasteiger partial charge in [-0.25, -0.2) is 14.2 Å². The van der Waals surface area contributed by atoms with Crippen LogP contribution in [-0.2, 0) is 6.18 Å². The zero-order valence-electron chi connectivity index (χ0n) is 10.8. The van der Waals surface area contributed by atoms with E-state index in [9.17, 15) is 22.0 Å². The zero-order chi connectivity index (χ0) is 15.9. The number of nitrogens with one attached hydrogen (secondary N) is 2. The van der Waals surface area contributed by atoms with Gasteiger partial charge in [-0.05, 0) is 29.7 Å². The lowest BCUT2D eigenvalue weighted by atomic mass is 10.0. The molecule has 0 saturated heterocycles. The molecule has 2 N–H and O–H groups in total. The Balaban J connectivity index is 1.96. The Bertz CT molecular complexity index is 698. The summed E-state index contributed by atoms with van der Waals surface area (Å²) in [4.78, 5) is 0.850. The number of thiophene rings is 1. The van der Waals surface area contributed by atoms with Crippen LogP contribution in [-0.4, -0.2) is 0 Å². The molecular formula is C14H9F5N2S. The topological polar surface area (TPSA) is 24.1 Å². The van der Waals surface area contributed by atoms with Crippen LogP contribution in [0.25, 0.3) is 5.70 Å². The third-order valence-corrected chi connectivity index (χ3v) is 4.10. The molecule has 0 bridgehead atoms. The van der Waals surface area contributed by atoms with E-state index in [0.29, 0.717) is 17.8 Å². The second-order valence-electron chi connectivity index (χ2n) is 4.66. The summed E-state index contributed by atoms with van der Waals surface area (Å²) >= 11 is 1.42. The molecule has 0 spiro atoms. The van der Waals surface area contributed by atoms with Crippen molar-refractivity contribution in [3.63, 3.8) is 0 Å². The zero-order valence-corrected chi connectivity index (χ0v) is 11.7. The first kappa shape index (κ1) is 15.0. The molecule has 3 rings (SSSR count). The Hall–Kier alpha value is -1.93. The lowest BCUT2D eigenvalue weighted by molar-refractivity contribution is -0.138. The van der Waals surface area contributed by atoms with Crippen molar-refractivity contribution < 1.29 is 22.0 Å². The van der Waals surface area contributed by atoms with Crippen LogP contribution in [0.5, 0.6) is 0 Å². The molecule has 8 heteroatoms. The first-order valence-electron chi connectivity index (χ1n) is 6.19. The van der Waals surface area contributed by atoms with Gasteiger partial charge in [-0.1, -0.05) is 6.07 Å². The van der Waals surface area contributed by atoms with Crippen molar-refractivity contribution in [2.45, 2.75) is 12.2 Å². The van der Waals surface area contributed by atoms with E-state index >= 15 is 0 Å². The molecule has 1 atom stereocenters. The molecule has 0 radical (unpaired) electrons. The first-order chi connectivity index (χ1) is 10.4. The Labute approximate surface area is 126 Å². The van der Waals surface area contributed by atoms with Crippen molar-refractivity contribution in [1.29, 1.82) is 0 Å². The molecule has 2 nitrogen and oxygen atoms in total. The molecule has 2 aromatic rings. The van der Waals surface area contributed by atoms with Crippen molar-refractivity contribution in [1.82, 2.24) is 10.9 Å². The molecule has 1 aliphatic heterocycles. The molecule has 1 aromatic carbocycles. The first-order valence-corrected chi connectivity index (χ1v) is 7.07. The van der Waals surface area contributed by atoms with Crippen molar-refractivity contribution in [2.24, 2.45) is 0 Å². The van der Waals surface area contributed by atoms with E-state index < -0.39 is 35.0 Å². The standard InChI is InChI=1S/C14H9F5N2S/c15-8-4-7(14(17,18)19)5-9(16)13(8)11-6-10(20-21-11)12-2-1-3-22-12/h1-6,11,20-21H. The summed E-state index contributed by atoms with van der Waals surface area (Å²) < 4.78 is 65.5. The van der Waals surface area contributed by atoms with Gasteiger partial charge in [0.2, 0.25) is 0 Å². The van der Waals surface area contributed by atoms with Gasteiger partial charge in [0.25, 0.3) is 0 Å². The predicted molar refractivity (Wildman–Crippen MR) is 72.7 cm³/mol. The van der Waals surface area contributed by atoms with E-state index in [0.717, 1.165) is 4.88 Å². The van der Waals surface area contributed by atoms with Gasteiger partial charge >= 0.3 is 6.18 Å². The number of halogens is 5. The minimum absolute atomic E-state index is 0.303. The van der Waals surface area contributed by atoms with Crippen molar-refractivity contribution in [2.75, 3.05) is 0 Å². The third-order valence-electron chi connectivity index (χ3n) is 3.20. The molecular weight excluding hydrogens is 323 g/mol. The molecule has 1 aromatic heterocycles. The third kappa shape index (κ3) is 2.71. The Morgan fingerprint density at radius 2 is 1.77 bits per heavy atom. The summed E-state index contributed by atoms with van der Waals surface area (Å²) in [6.07, 6.45) is -3.26. The van der Waals surface area contributed by atoms with Crippen molar-refractivity contribution >= 4 is 17.0 Å². The van der Waals surface area contributed by atoms with Crippen LogP contribution >= 0.6 is 11.3 Å². The van der Waals surface area contributed by atoms with Crippen molar-refractivity contribution in [3.8, 4) is 0 Å². The minimum atomic E-state index is -4.79. The van der Waals surface area contributed by atoms with E-state index in [1.54, 1.807) is 0 Å². The van der Waals surface area contributed by atoms with Gasteiger partial charge in [0.15, 0.2) is 0 Å². The second kappa shape index (κ2) is 5.36. The van der Waals surface area contributed by atoms with E-state index in [1.807, 2.05) is 17.5 Å². The predicted octanol–water partition coefficient (Wildman–Crippen LogP) is 4.24. The average Bonchev–Trinajstić information content (AvgIpc) is 3.07. The van der Waals surface area contributed by atoms with Crippen LogP contribution in [0.15, 0.2) is 35.7 Å². The van der Waals surface area contributed by atoms with Gasteiger partial charge in [0.1, 0.15) is 11.6 Å². The molecule has 22 heavy (non-hydrogen) atoms. The van der Waals surface area contributed by atoms with Crippen LogP contribution in [0.1, 0.15) is 22.0 Å². The highest BCUT2D eigenvalue weighted by Crippen LogP contribution is 2.35. The molecule has 0 fully saturated rings. The van der Waals surface area contributed by atoms with E-state index in [2.05, 4.69) is 10.9 Å². The van der Waals surface area contributed by atoms with Gasteiger partial charge in [-0.15, -0.1) is 11.3 Å². The molecule has 0 amide bonds. The highest BCUT2D eigenvalue weighted by atomic mass is 32.1. The molecule has 0 saturated carbocycles. The molecule has 1 unspecified atom stereocenters. The number of benzene rings is 1. The minimum Gasteiger partial charge on any atom is -0.319 e. The van der Waals surface area contributed by atoms with E-state index in [4.69, 9.17) is 0 Å². The molecule has 2 heterocycles. The Morgan fingerprint density at radius 1 is 1.09 bits per heavy atom. The summed E-state index contributed by atoms with van der Waals surface area (Å²) in [6, 6.07) is 3.34. The van der Waals surface area contributed by atoms with Crippen LogP contribution < -0.4 is 10.9 Å². The van der Waals surface area contributed by atoms with Gasteiger partial charge in [-0.3, -0.25) is 0 Å². The van der Waals surface area contributed by atoms with Gasteiger partial charge in [-0.2, -0.15) is 13.2 Å². The lowest BCUT2D eigenvalue weighted by Crippen LogP contribution is -2.27. The fourth-order valence-electron chi connectivity index (χ4n) is 2.18. The summed E-state index contributed by atoms with van der Waals surface area (Å²) in [5.41, 5.74) is 4.25. The van der Waals surface area contributed by atoms with Crippen LogP contribution in [0.2, 0.25) is 0 Å². The summed E-state index contributed by atoms with van der Waals surface area (Å²) in [7, 11) is 0. The number of hydrogen-bond donors (Lipinski definition) is 2. The van der Waals surface area contributed by atoms with Crippen LogP contribution in [0, 0.1) is 11.6 Å². The van der Waals surface area contributed by atoms with E-state index in [1.165, 1.54) is 17.4 Å². The maximum Gasteiger partial charge on any atom is 0.416 e. The quantitative estimate of drug-likeness (QED) is 0.804. The smallest absolute Gasteiger partial charge is 0.319 e. The highest BCUT2D eigenvalue weighted by molar-refractivity contribution is 7.11. The van der Waals surface area contributed by atoms with E-state index in [-0.39, 0.29) is 0 Å². The maximum absolute atomic E-state index is 13.9. The SMILES string of the molecule is Fc1cc(C(F)(F)F)cc(F)c1C1C=C(c2cccs2)NN1. The molecule has 1 aliphatic rings. The van der Waals surface area contributed by atoms with Gasteiger partial charge < -0.3 is 5.43 Å². The average molecular weight is 332 g/mol. The van der Waals surface area contributed by atoms with Crippen LogP contribution in [0.3, 0.4) is 0 Å². The summed E-state index contributed by atoms with van der Waals surface area (Å²) in [5.74, 6) is -2.48.